The number of phenolic OH excluding ortho intramolecular Hbond substituents is 1. The Kier molecular flexibility index (Phi) is 5.14. The molecule has 1 aromatic heterocycles. The molecule has 0 saturated carbocycles. The fraction of sp³-hybridized carbons (Fsp3) is 0.167. The van der Waals surface area contributed by atoms with Crippen molar-refractivity contribution in [2.24, 2.45) is 0 Å². The van der Waals surface area contributed by atoms with Crippen LogP contribution in [-0.4, -0.2) is 39.3 Å². The molecule has 2 N–H and O–H groups in total. The highest BCUT2D eigenvalue weighted by Gasteiger charge is 2.42. The first-order valence-corrected chi connectivity index (χ1v) is 9.69. The zero-order valence-corrected chi connectivity index (χ0v) is 16.8. The molecule has 0 saturated heterocycles. The van der Waals surface area contributed by atoms with Crippen LogP contribution in [0.1, 0.15) is 33.2 Å². The lowest BCUT2D eigenvalue weighted by Crippen LogP contribution is -2.29. The molecule has 6 nitrogen and oxygen atoms in total. The van der Waals surface area contributed by atoms with Gasteiger partial charge >= 0.3 is 0 Å². The van der Waals surface area contributed by atoms with Crippen molar-refractivity contribution < 1.29 is 14.6 Å². The largest absolute Gasteiger partial charge is 0.507 e. The summed E-state index contributed by atoms with van der Waals surface area (Å²) in [4.78, 5) is 14.9. The number of carbonyl (C=O) groups excluding carboxylic acids is 1. The molecule has 0 fully saturated rings. The van der Waals surface area contributed by atoms with Gasteiger partial charge in [0.1, 0.15) is 29.5 Å². The summed E-state index contributed by atoms with van der Waals surface area (Å²) in [5.41, 5.74) is 4.20. The number of nitrogens with zero attached hydrogens (tertiary/aromatic N) is 2. The van der Waals surface area contributed by atoms with Crippen LogP contribution in [0.5, 0.6) is 11.5 Å². The molecular weight excluding hydrogens is 378 g/mol. The van der Waals surface area contributed by atoms with Crippen LogP contribution in [0.2, 0.25) is 0 Å². The third-order valence-corrected chi connectivity index (χ3v) is 5.14. The van der Waals surface area contributed by atoms with Gasteiger partial charge in [-0.2, -0.15) is 5.10 Å². The monoisotopic (exact) mass is 401 g/mol. The molecule has 0 spiro atoms. The molecule has 0 bridgehead atoms. The van der Waals surface area contributed by atoms with Crippen molar-refractivity contribution >= 4 is 5.91 Å². The van der Waals surface area contributed by atoms with Crippen molar-refractivity contribution in [2.75, 3.05) is 13.2 Å². The van der Waals surface area contributed by atoms with E-state index < -0.39 is 0 Å². The summed E-state index contributed by atoms with van der Waals surface area (Å²) in [5, 5.41) is 17.8. The van der Waals surface area contributed by atoms with Gasteiger partial charge in [-0.3, -0.25) is 9.89 Å². The van der Waals surface area contributed by atoms with E-state index in [0.29, 0.717) is 35.9 Å². The van der Waals surface area contributed by atoms with E-state index in [1.54, 1.807) is 23.1 Å². The second-order valence-electron chi connectivity index (χ2n) is 7.20. The van der Waals surface area contributed by atoms with E-state index in [4.69, 9.17) is 4.74 Å². The summed E-state index contributed by atoms with van der Waals surface area (Å²) in [5.74, 6) is 0.653. The van der Waals surface area contributed by atoms with E-state index >= 15 is 0 Å². The smallest absolute Gasteiger partial charge is 0.273 e. The molecule has 3 aromatic rings. The fourth-order valence-electron chi connectivity index (χ4n) is 3.85. The minimum Gasteiger partial charge on any atom is -0.507 e. The summed E-state index contributed by atoms with van der Waals surface area (Å²) < 4.78 is 5.69. The Labute approximate surface area is 175 Å². The van der Waals surface area contributed by atoms with Crippen LogP contribution >= 0.6 is 0 Å². The average Bonchev–Trinajstić information content (AvgIpc) is 3.28. The quantitative estimate of drug-likeness (QED) is 0.576. The predicted octanol–water partition coefficient (Wildman–Crippen LogP) is 4.39. The zero-order chi connectivity index (χ0) is 21.3. The SMILES string of the molecule is C=CCOc1cccc(C2c3c(-c4cc(C)ccc4O)n[nH]c3C(=O)N2CC=C)c1. The number of ether oxygens (including phenoxy) is 1. The molecule has 1 aliphatic rings. The van der Waals surface area contributed by atoms with Crippen LogP contribution in [0.3, 0.4) is 0 Å². The number of nitrogens with one attached hydrogen (secondary N) is 1. The molecule has 1 atom stereocenters. The topological polar surface area (TPSA) is 78.5 Å². The first-order chi connectivity index (χ1) is 14.5. The molecule has 4 rings (SSSR count). The number of aromatic nitrogens is 2. The molecule has 1 unspecified atom stereocenters. The average molecular weight is 401 g/mol. The van der Waals surface area contributed by atoms with E-state index in [2.05, 4.69) is 23.4 Å². The number of carbonyl (C=O) groups is 1. The van der Waals surface area contributed by atoms with E-state index in [1.165, 1.54) is 0 Å². The lowest BCUT2D eigenvalue weighted by Gasteiger charge is -2.25. The van der Waals surface area contributed by atoms with E-state index in [-0.39, 0.29) is 17.7 Å². The van der Waals surface area contributed by atoms with Crippen LogP contribution in [0.4, 0.5) is 0 Å². The molecule has 2 aromatic carbocycles. The van der Waals surface area contributed by atoms with Crippen LogP contribution in [0, 0.1) is 6.92 Å². The van der Waals surface area contributed by atoms with Gasteiger partial charge in [-0.05, 0) is 36.8 Å². The fourth-order valence-corrected chi connectivity index (χ4v) is 3.85. The van der Waals surface area contributed by atoms with Crippen molar-refractivity contribution in [3.8, 4) is 22.8 Å². The van der Waals surface area contributed by atoms with Gasteiger partial charge in [-0.1, -0.05) is 42.5 Å². The number of aryl methyl sites for hydroxylation is 1. The number of H-pyrrole nitrogens is 1. The van der Waals surface area contributed by atoms with Crippen molar-refractivity contribution in [2.45, 2.75) is 13.0 Å². The first-order valence-electron chi connectivity index (χ1n) is 9.69. The van der Waals surface area contributed by atoms with Crippen LogP contribution in [0.15, 0.2) is 67.8 Å². The summed E-state index contributed by atoms with van der Waals surface area (Å²) in [6, 6.07) is 12.6. The Bertz CT molecular complexity index is 1130. The lowest BCUT2D eigenvalue weighted by atomic mass is 9.95. The maximum atomic E-state index is 13.1. The maximum Gasteiger partial charge on any atom is 0.273 e. The first kappa shape index (κ1) is 19.5. The normalized spacial score (nSPS) is 15.2. The number of amides is 1. The standard InChI is InChI=1S/C24H23N3O3/c1-4-11-27-23(16-7-6-8-17(14-16)30-12-5-2)20-21(25-26-22(20)24(27)29)18-13-15(3)9-10-19(18)28/h4-10,13-14,23,28H,1-2,11-12H2,3H3,(H,25,26). The van der Waals surface area contributed by atoms with Crippen LogP contribution in [-0.2, 0) is 0 Å². The lowest BCUT2D eigenvalue weighted by molar-refractivity contribution is 0.0764. The minimum absolute atomic E-state index is 0.117. The molecule has 1 amide bonds. The number of hydrogen-bond acceptors (Lipinski definition) is 4. The van der Waals surface area contributed by atoms with Gasteiger partial charge in [-0.15, -0.1) is 6.58 Å². The zero-order valence-electron chi connectivity index (χ0n) is 16.8. The van der Waals surface area contributed by atoms with Gasteiger partial charge in [0.15, 0.2) is 0 Å². The Morgan fingerprint density at radius 3 is 2.83 bits per heavy atom. The number of aromatic amines is 1. The summed E-state index contributed by atoms with van der Waals surface area (Å²) in [7, 11) is 0. The van der Waals surface area contributed by atoms with Crippen LogP contribution in [0.25, 0.3) is 11.3 Å². The van der Waals surface area contributed by atoms with Crippen molar-refractivity contribution in [1.82, 2.24) is 15.1 Å². The van der Waals surface area contributed by atoms with Gasteiger partial charge in [0.05, 0.1) is 6.04 Å². The number of phenols is 1. The van der Waals surface area contributed by atoms with Crippen molar-refractivity contribution in [1.29, 1.82) is 0 Å². The van der Waals surface area contributed by atoms with E-state index in [1.807, 2.05) is 43.3 Å². The molecule has 6 heteroatoms. The minimum atomic E-state index is -0.383. The third kappa shape index (κ3) is 3.26. The number of aromatic hydroxyl groups is 1. The van der Waals surface area contributed by atoms with Gasteiger partial charge < -0.3 is 14.7 Å². The summed E-state index contributed by atoms with van der Waals surface area (Å²) in [6.07, 6.45) is 3.38. The number of hydrogen-bond donors (Lipinski definition) is 2. The van der Waals surface area contributed by atoms with Crippen LogP contribution < -0.4 is 4.74 Å². The molecule has 152 valence electrons. The summed E-state index contributed by atoms with van der Waals surface area (Å²) >= 11 is 0. The molecule has 1 aliphatic heterocycles. The molecule has 30 heavy (non-hydrogen) atoms. The highest BCUT2D eigenvalue weighted by Crippen LogP contribution is 2.45. The second kappa shape index (κ2) is 7.91. The highest BCUT2D eigenvalue weighted by molar-refractivity contribution is 6.00. The highest BCUT2D eigenvalue weighted by atomic mass is 16.5. The number of benzene rings is 2. The number of rotatable bonds is 7. The third-order valence-electron chi connectivity index (χ3n) is 5.14. The van der Waals surface area contributed by atoms with Gasteiger partial charge in [-0.25, -0.2) is 0 Å². The second-order valence-corrected chi connectivity index (χ2v) is 7.20. The Morgan fingerprint density at radius 1 is 1.23 bits per heavy atom. The Morgan fingerprint density at radius 2 is 2.07 bits per heavy atom. The van der Waals surface area contributed by atoms with Crippen molar-refractivity contribution in [3.63, 3.8) is 0 Å². The molecule has 0 radical (unpaired) electrons. The molecular formula is C24H23N3O3. The molecule has 2 heterocycles. The molecule has 0 aliphatic carbocycles. The van der Waals surface area contributed by atoms with E-state index in [0.717, 1.165) is 16.7 Å². The van der Waals surface area contributed by atoms with Crippen molar-refractivity contribution in [3.05, 3.63) is 90.2 Å². The number of fused-ring (bicyclic) bond motifs is 1. The Hall–Kier alpha value is -3.80. The Balaban J connectivity index is 1.88. The predicted molar refractivity (Wildman–Crippen MR) is 116 cm³/mol. The van der Waals surface area contributed by atoms with Gasteiger partial charge in [0, 0.05) is 17.7 Å². The van der Waals surface area contributed by atoms with Gasteiger partial charge in [0.25, 0.3) is 5.91 Å². The van der Waals surface area contributed by atoms with Gasteiger partial charge in [0.2, 0.25) is 0 Å². The summed E-state index contributed by atoms with van der Waals surface area (Å²) in [6.45, 7) is 10.2. The maximum absolute atomic E-state index is 13.1. The van der Waals surface area contributed by atoms with E-state index in [9.17, 15) is 9.90 Å².